The highest BCUT2D eigenvalue weighted by molar-refractivity contribution is 9.10. The summed E-state index contributed by atoms with van der Waals surface area (Å²) in [5, 5.41) is 13.5. The summed E-state index contributed by atoms with van der Waals surface area (Å²) in [6, 6.07) is 25.4. The number of ether oxygens (including phenoxy) is 2. The van der Waals surface area contributed by atoms with Gasteiger partial charge in [-0.2, -0.15) is 5.10 Å². The van der Waals surface area contributed by atoms with Crippen LogP contribution in [0.4, 0.5) is 16.5 Å². The van der Waals surface area contributed by atoms with E-state index in [1.807, 2.05) is 73.0 Å². The zero-order chi connectivity index (χ0) is 31.8. The maximum Gasteiger partial charge on any atom is 0.271 e. The summed E-state index contributed by atoms with van der Waals surface area (Å²) in [4.78, 5) is 29.7. The van der Waals surface area contributed by atoms with Crippen molar-refractivity contribution < 1.29 is 19.1 Å². The lowest BCUT2D eigenvalue weighted by Gasteiger charge is -2.13. The molecule has 0 aliphatic rings. The maximum absolute atomic E-state index is 12.7. The van der Waals surface area contributed by atoms with Crippen molar-refractivity contribution in [1.29, 1.82) is 0 Å². The summed E-state index contributed by atoms with van der Waals surface area (Å²) >= 11 is 10.9. The molecule has 0 saturated heterocycles. The van der Waals surface area contributed by atoms with Crippen LogP contribution in [-0.2, 0) is 4.79 Å². The fourth-order valence-corrected chi connectivity index (χ4v) is 5.51. The number of nitrogens with one attached hydrogen (secondary N) is 3. The van der Waals surface area contributed by atoms with Gasteiger partial charge in [-0.1, -0.05) is 41.4 Å². The van der Waals surface area contributed by atoms with E-state index >= 15 is 0 Å². The Hall–Kier alpha value is -4.71. The lowest BCUT2D eigenvalue weighted by atomic mass is 10.1. The number of anilines is 3. The normalized spacial score (nSPS) is 10.8. The molecule has 0 unspecified atom stereocenters. The average Bonchev–Trinajstić information content (AvgIpc) is 3.51. The van der Waals surface area contributed by atoms with Gasteiger partial charge in [-0.3, -0.25) is 9.59 Å². The van der Waals surface area contributed by atoms with Crippen molar-refractivity contribution in [2.24, 2.45) is 5.10 Å². The number of methoxy groups -OCH3 is 1. The summed E-state index contributed by atoms with van der Waals surface area (Å²) < 4.78 is 11.8. The molecule has 5 rings (SSSR count). The molecular weight excluding hydrogens is 678 g/mol. The number of hydrogen-bond acceptors (Lipinski definition) is 8. The quantitative estimate of drug-likeness (QED) is 0.0947. The van der Waals surface area contributed by atoms with E-state index in [1.54, 1.807) is 24.3 Å². The molecule has 4 aromatic carbocycles. The average molecular weight is 705 g/mol. The first kappa shape index (κ1) is 31.7. The SMILES string of the molecule is COc1cc(/C=N\NC(=O)c2ccc(-c3csc(Nc4ccc(Cl)cc4)n3)cc2)cc(Br)c1OCC(=O)Nc1ccc(C)cc1. The minimum atomic E-state index is -0.369. The molecule has 0 aliphatic carbocycles. The van der Waals surface area contributed by atoms with Gasteiger partial charge in [-0.15, -0.1) is 11.3 Å². The van der Waals surface area contributed by atoms with Crippen LogP contribution in [-0.4, -0.2) is 36.7 Å². The van der Waals surface area contributed by atoms with Gasteiger partial charge >= 0.3 is 0 Å². The van der Waals surface area contributed by atoms with E-state index in [0.717, 1.165) is 27.6 Å². The molecule has 1 heterocycles. The highest BCUT2D eigenvalue weighted by Gasteiger charge is 2.14. The Balaban J connectivity index is 1.15. The van der Waals surface area contributed by atoms with Gasteiger partial charge in [-0.25, -0.2) is 10.4 Å². The third kappa shape index (κ3) is 8.69. The Kier molecular flexibility index (Phi) is 10.5. The third-order valence-electron chi connectivity index (χ3n) is 6.36. The molecule has 5 aromatic rings. The molecule has 45 heavy (non-hydrogen) atoms. The Morgan fingerprint density at radius 3 is 2.42 bits per heavy atom. The van der Waals surface area contributed by atoms with Crippen LogP contribution in [0.1, 0.15) is 21.5 Å². The molecule has 1 aromatic heterocycles. The van der Waals surface area contributed by atoms with Crippen LogP contribution in [0.15, 0.2) is 99.9 Å². The number of rotatable bonds is 11. The largest absolute Gasteiger partial charge is 0.493 e. The molecule has 0 spiro atoms. The minimum Gasteiger partial charge on any atom is -0.493 e. The summed E-state index contributed by atoms with van der Waals surface area (Å²) in [6.07, 6.45) is 1.48. The predicted octanol–water partition coefficient (Wildman–Crippen LogP) is 8.07. The minimum absolute atomic E-state index is 0.213. The van der Waals surface area contributed by atoms with Gasteiger partial charge in [0.25, 0.3) is 11.8 Å². The lowest BCUT2D eigenvalue weighted by Crippen LogP contribution is -2.20. The molecule has 0 atom stereocenters. The topological polar surface area (TPSA) is 114 Å². The second-order valence-electron chi connectivity index (χ2n) is 9.68. The van der Waals surface area contributed by atoms with Gasteiger partial charge in [0.1, 0.15) is 0 Å². The van der Waals surface area contributed by atoms with Gasteiger partial charge in [0.05, 0.1) is 23.5 Å². The first-order chi connectivity index (χ1) is 21.8. The first-order valence-electron chi connectivity index (χ1n) is 13.6. The van der Waals surface area contributed by atoms with E-state index in [0.29, 0.717) is 37.8 Å². The zero-order valence-electron chi connectivity index (χ0n) is 24.1. The number of hydrazone groups is 1. The highest BCUT2D eigenvalue weighted by atomic mass is 79.9. The molecule has 3 N–H and O–H groups in total. The van der Waals surface area contributed by atoms with Gasteiger partial charge < -0.3 is 20.1 Å². The smallest absolute Gasteiger partial charge is 0.271 e. The number of benzene rings is 4. The van der Waals surface area contributed by atoms with Gasteiger partial charge in [0, 0.05) is 32.9 Å². The van der Waals surface area contributed by atoms with Crippen LogP contribution < -0.4 is 25.5 Å². The number of amides is 2. The standard InChI is InChI=1S/C33H27BrClN5O4S/c1-20-3-11-25(12-4-20)37-30(41)18-44-31-27(34)15-21(16-29(31)43-2)17-36-40-32(42)23-7-5-22(6-8-23)28-19-45-33(39-28)38-26-13-9-24(35)10-14-26/h3-17,19H,18H2,1-2H3,(H,37,41)(H,38,39)(H,40,42)/b36-17-. The molecule has 9 nitrogen and oxygen atoms in total. The molecule has 0 radical (unpaired) electrons. The Morgan fingerprint density at radius 1 is 1.00 bits per heavy atom. The van der Waals surface area contributed by atoms with Gasteiger partial charge in [-0.05, 0) is 89.1 Å². The zero-order valence-corrected chi connectivity index (χ0v) is 27.3. The van der Waals surface area contributed by atoms with Crippen molar-refractivity contribution in [3.05, 3.63) is 116 Å². The van der Waals surface area contributed by atoms with Crippen molar-refractivity contribution in [2.45, 2.75) is 6.92 Å². The molecule has 0 saturated carbocycles. The van der Waals surface area contributed by atoms with E-state index < -0.39 is 0 Å². The van der Waals surface area contributed by atoms with Crippen LogP contribution in [0.3, 0.4) is 0 Å². The monoisotopic (exact) mass is 703 g/mol. The molecule has 0 fully saturated rings. The number of aromatic nitrogens is 1. The third-order valence-corrected chi connectivity index (χ3v) is 7.96. The summed E-state index contributed by atoms with van der Waals surface area (Å²) in [5.74, 6) is 0.0821. The summed E-state index contributed by atoms with van der Waals surface area (Å²) in [6.45, 7) is 1.76. The first-order valence-corrected chi connectivity index (χ1v) is 15.6. The number of thiazole rings is 1. The molecule has 228 valence electrons. The Bertz CT molecular complexity index is 1830. The second kappa shape index (κ2) is 14.8. The number of halogens is 2. The number of aryl methyl sites for hydroxylation is 1. The van der Waals surface area contributed by atoms with Crippen LogP contribution >= 0.6 is 38.9 Å². The summed E-state index contributed by atoms with van der Waals surface area (Å²) in [5.41, 5.74) is 7.96. The fourth-order valence-electron chi connectivity index (χ4n) is 4.07. The molecule has 0 bridgehead atoms. The van der Waals surface area contributed by atoms with Crippen LogP contribution in [0.25, 0.3) is 11.3 Å². The van der Waals surface area contributed by atoms with E-state index in [1.165, 1.54) is 24.7 Å². The van der Waals surface area contributed by atoms with Crippen molar-refractivity contribution in [3.8, 4) is 22.8 Å². The van der Waals surface area contributed by atoms with E-state index in [4.69, 9.17) is 21.1 Å². The maximum atomic E-state index is 12.7. The number of carbonyl (C=O) groups is 2. The second-order valence-corrected chi connectivity index (χ2v) is 11.8. The van der Waals surface area contributed by atoms with Crippen molar-refractivity contribution in [1.82, 2.24) is 10.4 Å². The van der Waals surface area contributed by atoms with E-state index in [2.05, 4.69) is 42.1 Å². The molecule has 0 aliphatic heterocycles. The number of carbonyl (C=O) groups excluding carboxylic acids is 2. The molecular formula is C33H27BrClN5O4S. The van der Waals surface area contributed by atoms with E-state index in [-0.39, 0.29) is 18.4 Å². The molecule has 12 heteroatoms. The number of nitrogens with zero attached hydrogens (tertiary/aromatic N) is 2. The van der Waals surface area contributed by atoms with Crippen molar-refractivity contribution in [3.63, 3.8) is 0 Å². The Labute approximate surface area is 277 Å². The van der Waals surface area contributed by atoms with Crippen molar-refractivity contribution in [2.75, 3.05) is 24.4 Å². The van der Waals surface area contributed by atoms with E-state index in [9.17, 15) is 9.59 Å². The highest BCUT2D eigenvalue weighted by Crippen LogP contribution is 2.36. The lowest BCUT2D eigenvalue weighted by molar-refractivity contribution is -0.118. The van der Waals surface area contributed by atoms with Crippen LogP contribution in [0, 0.1) is 6.92 Å². The molecule has 2 amide bonds. The van der Waals surface area contributed by atoms with Gasteiger partial charge in [0.2, 0.25) is 0 Å². The van der Waals surface area contributed by atoms with Gasteiger partial charge in [0.15, 0.2) is 23.2 Å². The van der Waals surface area contributed by atoms with Crippen molar-refractivity contribution >= 4 is 73.4 Å². The fraction of sp³-hybridized carbons (Fsp3) is 0.0909. The number of hydrogen-bond donors (Lipinski definition) is 3. The Morgan fingerprint density at radius 2 is 1.71 bits per heavy atom. The van der Waals surface area contributed by atoms with Crippen LogP contribution in [0.5, 0.6) is 11.5 Å². The summed E-state index contributed by atoms with van der Waals surface area (Å²) in [7, 11) is 1.50. The predicted molar refractivity (Wildman–Crippen MR) is 183 cm³/mol. The van der Waals surface area contributed by atoms with Crippen LogP contribution in [0.2, 0.25) is 5.02 Å².